The zero-order valence-corrected chi connectivity index (χ0v) is 23.6. The van der Waals surface area contributed by atoms with Gasteiger partial charge in [-0.2, -0.15) is 4.31 Å². The van der Waals surface area contributed by atoms with Gasteiger partial charge in [0.05, 0.1) is 12.6 Å². The Balaban J connectivity index is 1.25. The van der Waals surface area contributed by atoms with Crippen LogP contribution in [0.3, 0.4) is 0 Å². The van der Waals surface area contributed by atoms with Gasteiger partial charge in [0.25, 0.3) is 0 Å². The highest BCUT2D eigenvalue weighted by molar-refractivity contribution is 7.89. The molecule has 43 heavy (non-hydrogen) atoms. The van der Waals surface area contributed by atoms with Crippen molar-refractivity contribution in [2.24, 2.45) is 0 Å². The predicted octanol–water partition coefficient (Wildman–Crippen LogP) is 2.28. The summed E-state index contributed by atoms with van der Waals surface area (Å²) in [5.41, 5.74) is 1.10. The SMILES string of the molecule is O=C(NC(Cc1ccc(O)cc1)C(=O)N1CCC2C1C(=O)CN2S(=O)(=O)c1cccnc1)Oc1cccc2cccnc12. The van der Waals surface area contributed by atoms with Crippen LogP contribution in [0.4, 0.5) is 4.79 Å². The number of phenolic OH excluding ortho intramolecular Hbond substituents is 1. The molecular formula is C30H27N5O7S. The molecule has 2 N–H and O–H groups in total. The molecule has 2 aliphatic heterocycles. The van der Waals surface area contributed by atoms with Crippen LogP contribution in [0.25, 0.3) is 10.9 Å². The Hall–Kier alpha value is -4.88. The van der Waals surface area contributed by atoms with Crippen LogP contribution in [0.1, 0.15) is 12.0 Å². The molecule has 0 saturated carbocycles. The standard InChI is InChI=1S/C30H27N5O7S/c36-21-10-8-19(9-11-21)16-23(33-30(39)42-26-7-1-4-20-5-2-14-32-27(20)26)29(38)34-15-12-24-28(34)25(37)18-35(24)43(40,41)22-6-3-13-31-17-22/h1-11,13-14,17,23-24,28,36H,12,15-16,18H2,(H,33,39). The minimum atomic E-state index is -4.03. The summed E-state index contributed by atoms with van der Waals surface area (Å²) >= 11 is 0. The van der Waals surface area contributed by atoms with E-state index in [1.165, 1.54) is 41.6 Å². The normalized spacial score (nSPS) is 19.3. The lowest BCUT2D eigenvalue weighted by atomic mass is 10.0. The second kappa shape index (κ2) is 11.4. The Bertz CT molecular complexity index is 1800. The van der Waals surface area contributed by atoms with Gasteiger partial charge in [-0.15, -0.1) is 0 Å². The Morgan fingerprint density at radius 2 is 1.81 bits per heavy atom. The third-order valence-corrected chi connectivity index (χ3v) is 9.52. The number of ether oxygens (including phenoxy) is 1. The number of phenols is 1. The van der Waals surface area contributed by atoms with Crippen molar-refractivity contribution < 1.29 is 32.6 Å². The van der Waals surface area contributed by atoms with Crippen molar-refractivity contribution in [3.05, 3.63) is 90.9 Å². The summed E-state index contributed by atoms with van der Waals surface area (Å²) in [4.78, 5) is 49.8. The molecule has 3 atom stereocenters. The highest BCUT2D eigenvalue weighted by Gasteiger charge is 2.54. The van der Waals surface area contributed by atoms with Crippen LogP contribution >= 0.6 is 0 Å². The number of nitrogens with one attached hydrogen (secondary N) is 1. The lowest BCUT2D eigenvalue weighted by molar-refractivity contribution is -0.138. The number of hydrogen-bond acceptors (Lipinski definition) is 9. The molecule has 2 aliphatic rings. The van der Waals surface area contributed by atoms with E-state index < -0.39 is 45.9 Å². The van der Waals surface area contributed by atoms with Crippen LogP contribution in [-0.4, -0.2) is 81.7 Å². The van der Waals surface area contributed by atoms with Crippen molar-refractivity contribution in [2.45, 2.75) is 35.9 Å². The molecule has 12 nitrogen and oxygen atoms in total. The van der Waals surface area contributed by atoms with Gasteiger partial charge in [-0.3, -0.25) is 19.6 Å². The first-order valence-corrected chi connectivity index (χ1v) is 15.0. The van der Waals surface area contributed by atoms with Gasteiger partial charge in [-0.05, 0) is 48.4 Å². The molecule has 2 saturated heterocycles. The van der Waals surface area contributed by atoms with E-state index in [0.717, 1.165) is 9.69 Å². The van der Waals surface area contributed by atoms with E-state index in [4.69, 9.17) is 4.74 Å². The molecule has 6 rings (SSSR count). The van der Waals surface area contributed by atoms with Crippen molar-refractivity contribution in [3.63, 3.8) is 0 Å². The maximum Gasteiger partial charge on any atom is 0.413 e. The molecule has 13 heteroatoms. The second-order valence-electron chi connectivity index (χ2n) is 10.3. The number of aromatic hydroxyl groups is 1. The van der Waals surface area contributed by atoms with Crippen molar-refractivity contribution >= 4 is 38.7 Å². The number of para-hydroxylation sites is 1. The molecule has 0 aliphatic carbocycles. The third-order valence-electron chi connectivity index (χ3n) is 7.67. The zero-order chi connectivity index (χ0) is 30.1. The Labute approximate surface area is 247 Å². The molecular weight excluding hydrogens is 574 g/mol. The summed E-state index contributed by atoms with van der Waals surface area (Å²) in [7, 11) is -4.03. The fourth-order valence-corrected chi connectivity index (χ4v) is 7.26. The fourth-order valence-electron chi connectivity index (χ4n) is 5.67. The molecule has 2 amide bonds. The molecule has 4 aromatic rings. The number of pyridine rings is 2. The van der Waals surface area contributed by atoms with Crippen LogP contribution in [0.5, 0.6) is 11.5 Å². The number of hydrogen-bond donors (Lipinski definition) is 2. The monoisotopic (exact) mass is 601 g/mol. The van der Waals surface area contributed by atoms with E-state index in [0.29, 0.717) is 11.1 Å². The predicted molar refractivity (Wildman–Crippen MR) is 154 cm³/mol. The highest BCUT2D eigenvalue weighted by atomic mass is 32.2. The average Bonchev–Trinajstić information content (AvgIpc) is 3.59. The molecule has 4 heterocycles. The quantitative estimate of drug-likeness (QED) is 0.324. The van der Waals surface area contributed by atoms with Gasteiger partial charge in [0.2, 0.25) is 15.9 Å². The molecule has 2 aromatic heterocycles. The number of nitrogens with zero attached hydrogens (tertiary/aromatic N) is 4. The lowest BCUT2D eigenvalue weighted by Crippen LogP contribution is -2.53. The molecule has 220 valence electrons. The summed E-state index contributed by atoms with van der Waals surface area (Å²) < 4.78 is 33.4. The van der Waals surface area contributed by atoms with Gasteiger partial charge in [0.1, 0.15) is 28.2 Å². The van der Waals surface area contributed by atoms with Crippen LogP contribution in [0.15, 0.2) is 90.2 Å². The first-order chi connectivity index (χ1) is 20.7. The number of carbonyl (C=O) groups is 3. The van der Waals surface area contributed by atoms with Crippen molar-refractivity contribution in [1.29, 1.82) is 0 Å². The van der Waals surface area contributed by atoms with Gasteiger partial charge >= 0.3 is 6.09 Å². The van der Waals surface area contributed by atoms with E-state index in [9.17, 15) is 27.9 Å². The molecule has 3 unspecified atom stereocenters. The van der Waals surface area contributed by atoms with Gasteiger partial charge in [-0.1, -0.05) is 30.3 Å². The number of likely N-dealkylation sites (tertiary alicyclic amines) is 1. The van der Waals surface area contributed by atoms with E-state index in [1.807, 2.05) is 12.1 Å². The maximum absolute atomic E-state index is 14.0. The van der Waals surface area contributed by atoms with Gasteiger partial charge in [0.15, 0.2) is 11.5 Å². The molecule has 0 bridgehead atoms. The zero-order valence-electron chi connectivity index (χ0n) is 22.7. The minimum absolute atomic E-state index is 0.0295. The Morgan fingerprint density at radius 3 is 2.58 bits per heavy atom. The van der Waals surface area contributed by atoms with Crippen molar-refractivity contribution in [1.82, 2.24) is 24.5 Å². The lowest BCUT2D eigenvalue weighted by Gasteiger charge is -2.28. The number of fused-ring (bicyclic) bond motifs is 2. The molecule has 2 fully saturated rings. The van der Waals surface area contributed by atoms with Gasteiger partial charge < -0.3 is 20.1 Å². The number of carbonyl (C=O) groups excluding carboxylic acids is 3. The summed E-state index contributed by atoms with van der Waals surface area (Å²) in [6, 6.07) is 14.9. The van der Waals surface area contributed by atoms with Crippen LogP contribution in [-0.2, 0) is 26.0 Å². The number of sulfonamides is 1. The first kappa shape index (κ1) is 28.2. The van der Waals surface area contributed by atoms with Crippen molar-refractivity contribution in [3.8, 4) is 11.5 Å². The van der Waals surface area contributed by atoms with E-state index in [2.05, 4.69) is 15.3 Å². The number of benzene rings is 2. The molecule has 2 aromatic carbocycles. The van der Waals surface area contributed by atoms with E-state index in [1.54, 1.807) is 36.5 Å². The number of ketones is 1. The summed E-state index contributed by atoms with van der Waals surface area (Å²) in [6.07, 6.45) is 3.63. The van der Waals surface area contributed by atoms with Crippen LogP contribution in [0.2, 0.25) is 0 Å². The smallest absolute Gasteiger partial charge is 0.413 e. The Morgan fingerprint density at radius 1 is 1.05 bits per heavy atom. The van der Waals surface area contributed by atoms with Gasteiger partial charge in [0, 0.05) is 36.9 Å². The molecule has 0 radical (unpaired) electrons. The highest BCUT2D eigenvalue weighted by Crippen LogP contribution is 2.34. The summed E-state index contributed by atoms with van der Waals surface area (Å²) in [5, 5.41) is 13.1. The fraction of sp³-hybridized carbons (Fsp3) is 0.233. The Kier molecular flexibility index (Phi) is 7.50. The second-order valence-corrected chi connectivity index (χ2v) is 12.2. The van der Waals surface area contributed by atoms with E-state index in [-0.39, 0.29) is 42.3 Å². The van der Waals surface area contributed by atoms with Crippen LogP contribution < -0.4 is 10.1 Å². The molecule has 0 spiro atoms. The average molecular weight is 602 g/mol. The first-order valence-electron chi connectivity index (χ1n) is 13.6. The maximum atomic E-state index is 14.0. The number of amides is 2. The summed E-state index contributed by atoms with van der Waals surface area (Å²) in [5.74, 6) is -0.718. The topological polar surface area (TPSA) is 159 Å². The van der Waals surface area contributed by atoms with Gasteiger partial charge in [-0.25, -0.2) is 13.2 Å². The third kappa shape index (κ3) is 5.51. The largest absolute Gasteiger partial charge is 0.508 e. The van der Waals surface area contributed by atoms with Crippen LogP contribution in [0, 0.1) is 0 Å². The number of Topliss-reactive ketones (excluding diaryl/α,β-unsaturated/α-hetero) is 1. The number of aromatic nitrogens is 2. The minimum Gasteiger partial charge on any atom is -0.508 e. The summed E-state index contributed by atoms with van der Waals surface area (Å²) in [6.45, 7) is -0.252. The van der Waals surface area contributed by atoms with Crippen molar-refractivity contribution in [2.75, 3.05) is 13.1 Å². The number of rotatable bonds is 7. The van der Waals surface area contributed by atoms with E-state index >= 15 is 0 Å².